The highest BCUT2D eigenvalue weighted by Crippen LogP contribution is 2.19. The van der Waals surface area contributed by atoms with Crippen molar-refractivity contribution in [3.05, 3.63) is 28.8 Å². The minimum Gasteiger partial charge on any atom is -0.398 e. The predicted molar refractivity (Wildman–Crippen MR) is 82.1 cm³/mol. The topological polar surface area (TPSA) is 61.6 Å². The number of benzene rings is 1. The number of nitrogens with one attached hydrogen (secondary N) is 1. The number of nitrogen functional groups attached to an aromatic ring is 1. The van der Waals surface area contributed by atoms with Crippen LogP contribution in [0.25, 0.3) is 0 Å². The zero-order chi connectivity index (χ0) is 14.5. The Morgan fingerprint density at radius 2 is 2.05 bits per heavy atom. The number of carbonyl (C=O) groups is 1. The van der Waals surface area contributed by atoms with Gasteiger partial charge in [0.15, 0.2) is 0 Å². The van der Waals surface area contributed by atoms with E-state index < -0.39 is 0 Å². The largest absolute Gasteiger partial charge is 0.398 e. The SMILES string of the molecule is CN1CCN(CCNC(=O)c2ccc(N)c(Cl)c2)CC1. The summed E-state index contributed by atoms with van der Waals surface area (Å²) in [5, 5.41) is 3.32. The first-order valence-corrected chi connectivity index (χ1v) is 7.18. The van der Waals surface area contributed by atoms with Gasteiger partial charge in [0.2, 0.25) is 0 Å². The number of carbonyl (C=O) groups excluding carboxylic acids is 1. The molecule has 1 saturated heterocycles. The van der Waals surface area contributed by atoms with Crippen LogP contribution in [0.15, 0.2) is 18.2 Å². The Balaban J connectivity index is 1.76. The molecule has 5 nitrogen and oxygen atoms in total. The van der Waals surface area contributed by atoms with Crippen LogP contribution in [0, 0.1) is 0 Å². The Kier molecular flexibility index (Phi) is 5.23. The van der Waals surface area contributed by atoms with E-state index in [1.807, 2.05) is 0 Å². The van der Waals surface area contributed by atoms with Gasteiger partial charge in [-0.1, -0.05) is 11.6 Å². The lowest BCUT2D eigenvalue weighted by molar-refractivity contribution is 0.0941. The monoisotopic (exact) mass is 296 g/mol. The van der Waals surface area contributed by atoms with Crippen molar-refractivity contribution in [1.29, 1.82) is 0 Å². The van der Waals surface area contributed by atoms with Crippen LogP contribution in [-0.2, 0) is 0 Å². The van der Waals surface area contributed by atoms with Gasteiger partial charge in [-0.25, -0.2) is 0 Å². The minimum absolute atomic E-state index is 0.110. The lowest BCUT2D eigenvalue weighted by atomic mass is 10.2. The quantitative estimate of drug-likeness (QED) is 0.811. The summed E-state index contributed by atoms with van der Waals surface area (Å²) in [6.07, 6.45) is 0. The van der Waals surface area contributed by atoms with E-state index in [-0.39, 0.29) is 5.91 Å². The van der Waals surface area contributed by atoms with Crippen molar-refractivity contribution in [1.82, 2.24) is 15.1 Å². The van der Waals surface area contributed by atoms with Gasteiger partial charge in [0, 0.05) is 44.8 Å². The molecule has 6 heteroatoms. The number of hydrogen-bond donors (Lipinski definition) is 2. The minimum atomic E-state index is -0.110. The number of nitrogens with two attached hydrogens (primary N) is 1. The van der Waals surface area contributed by atoms with Crippen LogP contribution < -0.4 is 11.1 Å². The molecule has 1 aliphatic rings. The summed E-state index contributed by atoms with van der Waals surface area (Å²) in [5.74, 6) is -0.110. The van der Waals surface area contributed by atoms with Gasteiger partial charge >= 0.3 is 0 Å². The molecular formula is C14H21ClN4O. The summed E-state index contributed by atoms with van der Waals surface area (Å²) >= 11 is 5.91. The summed E-state index contributed by atoms with van der Waals surface area (Å²) < 4.78 is 0. The standard InChI is InChI=1S/C14H21ClN4O/c1-18-6-8-19(9-7-18)5-4-17-14(20)11-2-3-13(16)12(15)10-11/h2-3,10H,4-9,16H2,1H3,(H,17,20). The van der Waals surface area contributed by atoms with Gasteiger partial charge in [0.25, 0.3) is 5.91 Å². The fourth-order valence-electron chi connectivity index (χ4n) is 2.17. The second-order valence-corrected chi connectivity index (χ2v) is 5.54. The van der Waals surface area contributed by atoms with Gasteiger partial charge in [-0.2, -0.15) is 0 Å². The van der Waals surface area contributed by atoms with Crippen molar-refractivity contribution in [2.75, 3.05) is 52.0 Å². The van der Waals surface area contributed by atoms with Gasteiger partial charge in [0.1, 0.15) is 0 Å². The van der Waals surface area contributed by atoms with E-state index in [4.69, 9.17) is 17.3 Å². The Hall–Kier alpha value is -1.30. The molecule has 1 fully saturated rings. The lowest BCUT2D eigenvalue weighted by Gasteiger charge is -2.32. The molecule has 110 valence electrons. The third-order valence-corrected chi connectivity index (χ3v) is 3.90. The first-order valence-electron chi connectivity index (χ1n) is 6.80. The average molecular weight is 297 g/mol. The first kappa shape index (κ1) is 15.1. The highest BCUT2D eigenvalue weighted by Gasteiger charge is 2.13. The zero-order valence-corrected chi connectivity index (χ0v) is 12.5. The van der Waals surface area contributed by atoms with Crippen molar-refractivity contribution < 1.29 is 4.79 Å². The van der Waals surface area contributed by atoms with Gasteiger partial charge in [0.05, 0.1) is 10.7 Å². The Bertz CT molecular complexity index is 472. The maximum Gasteiger partial charge on any atom is 0.251 e. The summed E-state index contributed by atoms with van der Waals surface area (Å²) in [5.41, 5.74) is 6.65. The summed E-state index contributed by atoms with van der Waals surface area (Å²) in [6, 6.07) is 4.94. The number of amides is 1. The molecule has 1 heterocycles. The number of nitrogens with zero attached hydrogens (tertiary/aromatic N) is 2. The van der Waals surface area contributed by atoms with Crippen LogP contribution in [-0.4, -0.2) is 62.0 Å². The van der Waals surface area contributed by atoms with Crippen LogP contribution in [0.1, 0.15) is 10.4 Å². The molecule has 1 amide bonds. The lowest BCUT2D eigenvalue weighted by Crippen LogP contribution is -2.46. The fourth-order valence-corrected chi connectivity index (χ4v) is 2.35. The number of anilines is 1. The maximum atomic E-state index is 12.0. The average Bonchev–Trinajstić information content (AvgIpc) is 2.44. The molecule has 0 bridgehead atoms. The Morgan fingerprint density at radius 3 is 2.70 bits per heavy atom. The van der Waals surface area contributed by atoms with Crippen LogP contribution in [0.2, 0.25) is 5.02 Å². The number of piperazine rings is 1. The van der Waals surface area contributed by atoms with Crippen molar-refractivity contribution in [2.24, 2.45) is 0 Å². The number of halogens is 1. The van der Waals surface area contributed by atoms with Gasteiger partial charge in [-0.3, -0.25) is 9.69 Å². The Labute approximate surface area is 124 Å². The molecule has 0 saturated carbocycles. The molecule has 3 N–H and O–H groups in total. The summed E-state index contributed by atoms with van der Waals surface area (Å²) in [6.45, 7) is 5.80. The van der Waals surface area contributed by atoms with Crippen molar-refractivity contribution in [2.45, 2.75) is 0 Å². The van der Waals surface area contributed by atoms with E-state index in [0.717, 1.165) is 32.7 Å². The fraction of sp³-hybridized carbons (Fsp3) is 0.500. The molecule has 1 aromatic rings. The molecular weight excluding hydrogens is 276 g/mol. The van der Waals surface area contributed by atoms with E-state index in [0.29, 0.717) is 22.8 Å². The normalized spacial score (nSPS) is 17.1. The smallest absolute Gasteiger partial charge is 0.251 e. The van der Waals surface area contributed by atoms with Gasteiger partial charge in [-0.15, -0.1) is 0 Å². The number of likely N-dealkylation sites (N-methyl/N-ethyl adjacent to an activating group) is 1. The first-order chi connectivity index (χ1) is 9.56. The molecule has 1 aromatic carbocycles. The van der Waals surface area contributed by atoms with Crippen molar-refractivity contribution >= 4 is 23.2 Å². The zero-order valence-electron chi connectivity index (χ0n) is 11.7. The van der Waals surface area contributed by atoms with E-state index in [1.54, 1.807) is 18.2 Å². The maximum absolute atomic E-state index is 12.0. The molecule has 0 spiro atoms. The van der Waals surface area contributed by atoms with Gasteiger partial charge in [-0.05, 0) is 25.2 Å². The van der Waals surface area contributed by atoms with Crippen molar-refractivity contribution in [3.63, 3.8) is 0 Å². The summed E-state index contributed by atoms with van der Waals surface area (Å²) in [4.78, 5) is 16.6. The molecule has 0 unspecified atom stereocenters. The Morgan fingerprint density at radius 1 is 1.35 bits per heavy atom. The molecule has 0 radical (unpaired) electrons. The van der Waals surface area contributed by atoms with Gasteiger partial charge < -0.3 is 16.0 Å². The van der Waals surface area contributed by atoms with E-state index in [1.165, 1.54) is 0 Å². The van der Waals surface area contributed by atoms with E-state index in [2.05, 4.69) is 22.2 Å². The molecule has 20 heavy (non-hydrogen) atoms. The second kappa shape index (κ2) is 6.92. The molecule has 1 aliphatic heterocycles. The highest BCUT2D eigenvalue weighted by atomic mass is 35.5. The number of hydrogen-bond acceptors (Lipinski definition) is 4. The number of rotatable bonds is 4. The van der Waals surface area contributed by atoms with E-state index in [9.17, 15) is 4.79 Å². The molecule has 0 atom stereocenters. The predicted octanol–water partition coefficient (Wildman–Crippen LogP) is 0.899. The molecule has 0 aromatic heterocycles. The third-order valence-electron chi connectivity index (χ3n) is 3.57. The third kappa shape index (κ3) is 4.10. The summed E-state index contributed by atoms with van der Waals surface area (Å²) in [7, 11) is 2.13. The molecule has 0 aliphatic carbocycles. The van der Waals surface area contributed by atoms with E-state index >= 15 is 0 Å². The molecule has 2 rings (SSSR count). The van der Waals surface area contributed by atoms with Crippen LogP contribution in [0.3, 0.4) is 0 Å². The van der Waals surface area contributed by atoms with Crippen LogP contribution in [0.4, 0.5) is 5.69 Å². The van der Waals surface area contributed by atoms with Crippen LogP contribution >= 0.6 is 11.6 Å². The van der Waals surface area contributed by atoms with Crippen LogP contribution in [0.5, 0.6) is 0 Å². The highest BCUT2D eigenvalue weighted by molar-refractivity contribution is 6.33. The van der Waals surface area contributed by atoms with Crippen molar-refractivity contribution in [3.8, 4) is 0 Å². The second-order valence-electron chi connectivity index (χ2n) is 5.14.